The second-order valence-corrected chi connectivity index (χ2v) is 5.37. The Bertz CT molecular complexity index is 613. The zero-order valence-electron chi connectivity index (χ0n) is 14.2. The lowest BCUT2D eigenvalue weighted by Crippen LogP contribution is -2.22. The van der Waals surface area contributed by atoms with Crippen LogP contribution in [0.4, 0.5) is 0 Å². The lowest BCUT2D eigenvalue weighted by molar-refractivity contribution is 0.0980. The molecule has 0 aliphatic rings. The van der Waals surface area contributed by atoms with Gasteiger partial charge in [0.25, 0.3) is 0 Å². The molecule has 0 saturated heterocycles. The minimum absolute atomic E-state index is 0.194. The molecule has 0 radical (unpaired) electrons. The van der Waals surface area contributed by atoms with E-state index in [2.05, 4.69) is 5.32 Å². The van der Waals surface area contributed by atoms with Gasteiger partial charge >= 0.3 is 0 Å². The van der Waals surface area contributed by atoms with E-state index >= 15 is 0 Å². The molecule has 1 N–H and O–H groups in total. The summed E-state index contributed by atoms with van der Waals surface area (Å²) >= 11 is 0. The van der Waals surface area contributed by atoms with Crippen LogP contribution in [0.2, 0.25) is 0 Å². The molecule has 2 aromatic carbocycles. The third-order valence-electron chi connectivity index (χ3n) is 3.54. The highest BCUT2D eigenvalue weighted by Crippen LogP contribution is 2.25. The summed E-state index contributed by atoms with van der Waals surface area (Å²) in [5.41, 5.74) is 0.786. The Morgan fingerprint density at radius 2 is 1.58 bits per heavy atom. The van der Waals surface area contributed by atoms with Crippen molar-refractivity contribution in [2.24, 2.45) is 0 Å². The van der Waals surface area contributed by atoms with Crippen molar-refractivity contribution in [1.82, 2.24) is 5.32 Å². The first-order chi connectivity index (χ1) is 11.8. The number of para-hydroxylation sites is 2. The second kappa shape index (κ2) is 10.4. The van der Waals surface area contributed by atoms with Crippen LogP contribution in [0.25, 0.3) is 0 Å². The standard InChI is InChI=1S/C20H25NO3/c1-2-23-19-12-6-7-13-20(19)24-16-15-21-14-8-11-18(22)17-9-4-3-5-10-17/h3-7,9-10,12-13,21H,2,8,11,14-16H2,1H3. The quantitative estimate of drug-likeness (QED) is 0.505. The molecule has 4 nitrogen and oxygen atoms in total. The molecular weight excluding hydrogens is 302 g/mol. The molecule has 128 valence electrons. The predicted octanol–water partition coefficient (Wildman–Crippen LogP) is 3.72. The molecule has 0 heterocycles. The molecular formula is C20H25NO3. The van der Waals surface area contributed by atoms with Crippen LogP contribution in [-0.4, -0.2) is 32.1 Å². The number of hydrogen-bond donors (Lipinski definition) is 1. The van der Waals surface area contributed by atoms with Crippen molar-refractivity contribution in [1.29, 1.82) is 0 Å². The first-order valence-electron chi connectivity index (χ1n) is 8.45. The molecule has 0 aliphatic heterocycles. The molecule has 2 aromatic rings. The molecule has 0 unspecified atom stereocenters. The molecule has 0 aliphatic carbocycles. The van der Waals surface area contributed by atoms with Crippen LogP contribution in [-0.2, 0) is 0 Å². The van der Waals surface area contributed by atoms with Crippen LogP contribution in [0, 0.1) is 0 Å². The number of benzene rings is 2. The number of ketones is 1. The van der Waals surface area contributed by atoms with Gasteiger partial charge in [-0.05, 0) is 32.0 Å². The molecule has 0 bridgehead atoms. The van der Waals surface area contributed by atoms with Crippen molar-refractivity contribution < 1.29 is 14.3 Å². The Morgan fingerprint density at radius 1 is 0.917 bits per heavy atom. The number of nitrogens with one attached hydrogen (secondary N) is 1. The zero-order chi connectivity index (χ0) is 17.0. The van der Waals surface area contributed by atoms with E-state index in [0.717, 1.165) is 36.6 Å². The summed E-state index contributed by atoms with van der Waals surface area (Å²) in [4.78, 5) is 12.0. The molecule has 4 heteroatoms. The van der Waals surface area contributed by atoms with Crippen molar-refractivity contribution in [3.63, 3.8) is 0 Å². The van der Waals surface area contributed by atoms with Gasteiger partial charge in [0.15, 0.2) is 17.3 Å². The first kappa shape index (κ1) is 18.0. The van der Waals surface area contributed by atoms with Crippen molar-refractivity contribution in [2.75, 3.05) is 26.3 Å². The molecule has 0 atom stereocenters. The zero-order valence-corrected chi connectivity index (χ0v) is 14.2. The van der Waals surface area contributed by atoms with Gasteiger partial charge < -0.3 is 14.8 Å². The van der Waals surface area contributed by atoms with Crippen molar-refractivity contribution in [2.45, 2.75) is 19.8 Å². The van der Waals surface area contributed by atoms with Gasteiger partial charge in [-0.1, -0.05) is 42.5 Å². The van der Waals surface area contributed by atoms with Crippen molar-refractivity contribution in [3.8, 4) is 11.5 Å². The van der Waals surface area contributed by atoms with Gasteiger partial charge in [0.2, 0.25) is 0 Å². The van der Waals surface area contributed by atoms with Gasteiger partial charge in [-0.2, -0.15) is 0 Å². The summed E-state index contributed by atoms with van der Waals surface area (Å²) in [5, 5.41) is 3.30. The van der Waals surface area contributed by atoms with Gasteiger partial charge in [-0.3, -0.25) is 4.79 Å². The number of carbonyl (C=O) groups excluding carboxylic acids is 1. The van der Waals surface area contributed by atoms with Crippen LogP contribution in [0.1, 0.15) is 30.1 Å². The lowest BCUT2D eigenvalue weighted by Gasteiger charge is -2.11. The SMILES string of the molecule is CCOc1ccccc1OCCNCCCC(=O)c1ccccc1. The van der Waals surface area contributed by atoms with Gasteiger partial charge in [-0.25, -0.2) is 0 Å². The monoisotopic (exact) mass is 327 g/mol. The van der Waals surface area contributed by atoms with Gasteiger partial charge in [0, 0.05) is 18.5 Å². The van der Waals surface area contributed by atoms with Crippen LogP contribution >= 0.6 is 0 Å². The van der Waals surface area contributed by atoms with Crippen LogP contribution < -0.4 is 14.8 Å². The normalized spacial score (nSPS) is 10.4. The molecule has 2 rings (SSSR count). The smallest absolute Gasteiger partial charge is 0.162 e. The fraction of sp³-hybridized carbons (Fsp3) is 0.350. The number of hydrogen-bond acceptors (Lipinski definition) is 4. The van der Waals surface area contributed by atoms with Crippen LogP contribution in [0.3, 0.4) is 0 Å². The maximum Gasteiger partial charge on any atom is 0.162 e. The third kappa shape index (κ3) is 6.05. The summed E-state index contributed by atoms with van der Waals surface area (Å²) in [6.07, 6.45) is 1.38. The molecule has 0 saturated carbocycles. The molecule has 0 amide bonds. The average molecular weight is 327 g/mol. The topological polar surface area (TPSA) is 47.6 Å². The maximum absolute atomic E-state index is 12.0. The molecule has 24 heavy (non-hydrogen) atoms. The number of rotatable bonds is 11. The van der Waals surface area contributed by atoms with E-state index < -0.39 is 0 Å². The Balaban J connectivity index is 1.58. The third-order valence-corrected chi connectivity index (χ3v) is 3.54. The molecule has 0 fully saturated rings. The Labute approximate surface area is 143 Å². The lowest BCUT2D eigenvalue weighted by atomic mass is 10.1. The summed E-state index contributed by atoms with van der Waals surface area (Å²) in [6, 6.07) is 17.1. The summed E-state index contributed by atoms with van der Waals surface area (Å²) in [6.45, 7) is 4.68. The van der Waals surface area contributed by atoms with Crippen molar-refractivity contribution in [3.05, 3.63) is 60.2 Å². The van der Waals surface area contributed by atoms with Crippen LogP contribution in [0.15, 0.2) is 54.6 Å². The maximum atomic E-state index is 12.0. The van der Waals surface area contributed by atoms with Gasteiger partial charge in [-0.15, -0.1) is 0 Å². The minimum atomic E-state index is 0.194. The van der Waals surface area contributed by atoms with Crippen molar-refractivity contribution >= 4 is 5.78 Å². The van der Waals surface area contributed by atoms with E-state index in [1.54, 1.807) is 0 Å². The van der Waals surface area contributed by atoms with E-state index in [1.165, 1.54) is 0 Å². The van der Waals surface area contributed by atoms with E-state index in [4.69, 9.17) is 9.47 Å². The average Bonchev–Trinajstić information content (AvgIpc) is 2.63. The largest absolute Gasteiger partial charge is 0.490 e. The Kier molecular flexibility index (Phi) is 7.84. The van der Waals surface area contributed by atoms with E-state index in [9.17, 15) is 4.79 Å². The highest BCUT2D eigenvalue weighted by atomic mass is 16.5. The summed E-state index contributed by atoms with van der Waals surface area (Å²) in [5.74, 6) is 1.73. The highest BCUT2D eigenvalue weighted by Gasteiger charge is 2.05. The second-order valence-electron chi connectivity index (χ2n) is 5.37. The fourth-order valence-corrected chi connectivity index (χ4v) is 2.34. The number of carbonyl (C=O) groups is 1. The molecule has 0 aromatic heterocycles. The summed E-state index contributed by atoms with van der Waals surface area (Å²) < 4.78 is 11.3. The highest BCUT2D eigenvalue weighted by molar-refractivity contribution is 5.95. The van der Waals surface area contributed by atoms with E-state index in [1.807, 2.05) is 61.5 Å². The van der Waals surface area contributed by atoms with E-state index in [-0.39, 0.29) is 5.78 Å². The van der Waals surface area contributed by atoms with Crippen LogP contribution in [0.5, 0.6) is 11.5 Å². The summed E-state index contributed by atoms with van der Waals surface area (Å²) in [7, 11) is 0. The molecule has 0 spiro atoms. The van der Waals surface area contributed by atoms with Gasteiger partial charge in [0.05, 0.1) is 6.61 Å². The Hall–Kier alpha value is -2.33. The Morgan fingerprint density at radius 3 is 2.29 bits per heavy atom. The fourth-order valence-electron chi connectivity index (χ4n) is 2.34. The predicted molar refractivity (Wildman–Crippen MR) is 96.0 cm³/mol. The van der Waals surface area contributed by atoms with E-state index in [0.29, 0.717) is 19.6 Å². The number of ether oxygens (including phenoxy) is 2. The minimum Gasteiger partial charge on any atom is -0.490 e. The first-order valence-corrected chi connectivity index (χ1v) is 8.45. The van der Waals surface area contributed by atoms with Gasteiger partial charge in [0.1, 0.15) is 6.61 Å². The number of Topliss-reactive ketones (excluding diaryl/α,β-unsaturated/α-hetero) is 1.